The number of benzene rings is 1. The number of carbonyl (C=O) groups excluding carboxylic acids is 1. The number of amides is 1. The lowest BCUT2D eigenvalue weighted by Crippen LogP contribution is -2.16. The Balaban J connectivity index is 1.52. The number of nitrogen functional groups attached to an aromatic ring is 1. The molecule has 4 N–H and O–H groups in total. The van der Waals surface area contributed by atoms with E-state index in [-0.39, 0.29) is 17.6 Å². The van der Waals surface area contributed by atoms with Crippen LogP contribution < -0.4 is 16.6 Å². The molecule has 3 rings (SSSR count). The van der Waals surface area contributed by atoms with Crippen LogP contribution in [0.5, 0.6) is 0 Å². The topological polar surface area (TPSA) is 123 Å². The molecule has 0 bridgehead atoms. The van der Waals surface area contributed by atoms with Gasteiger partial charge in [0.05, 0.1) is 12.0 Å². The fraction of sp³-hybridized carbons (Fsp3) is 0.0625. The van der Waals surface area contributed by atoms with E-state index in [2.05, 4.69) is 47.0 Å². The summed E-state index contributed by atoms with van der Waals surface area (Å²) < 4.78 is 2.12. The zero-order chi connectivity index (χ0) is 19.1. The maximum Gasteiger partial charge on any atom is 0.264 e. The van der Waals surface area contributed by atoms with Crippen LogP contribution in [-0.2, 0) is 4.79 Å². The Morgan fingerprint density at radius 3 is 3.00 bits per heavy atom. The van der Waals surface area contributed by atoms with E-state index in [1.54, 1.807) is 30.7 Å². The minimum Gasteiger partial charge on any atom is -0.334 e. The van der Waals surface area contributed by atoms with Crippen molar-refractivity contribution in [2.45, 2.75) is 5.16 Å². The van der Waals surface area contributed by atoms with Gasteiger partial charge in [-0.25, -0.2) is 10.1 Å². The van der Waals surface area contributed by atoms with Crippen molar-refractivity contribution in [1.82, 2.24) is 19.9 Å². The standard InChI is InChI=1S/C16H15BrN8OS/c17-12-4-1-5-13(7-12)21-14(26)10-27-16-24-23-15(25(16)18)22-20-9-11-3-2-6-19-8-11/h1-9H,10,18H2,(H,21,26)(H,22,23)/b20-9+. The lowest BCUT2D eigenvalue weighted by atomic mass is 10.3. The van der Waals surface area contributed by atoms with Crippen molar-refractivity contribution in [3.8, 4) is 0 Å². The smallest absolute Gasteiger partial charge is 0.264 e. The molecule has 138 valence electrons. The first-order valence-corrected chi connectivity index (χ1v) is 9.47. The Kier molecular flexibility index (Phi) is 6.39. The SMILES string of the molecule is Nn1c(N/N=C/c2cccnc2)nnc1SCC(=O)Nc1cccc(Br)c1. The average Bonchev–Trinajstić information content (AvgIpc) is 3.01. The van der Waals surface area contributed by atoms with Gasteiger partial charge in [-0.2, -0.15) is 5.10 Å². The highest BCUT2D eigenvalue weighted by Crippen LogP contribution is 2.19. The zero-order valence-electron chi connectivity index (χ0n) is 13.9. The molecule has 0 atom stereocenters. The van der Waals surface area contributed by atoms with E-state index >= 15 is 0 Å². The average molecular weight is 447 g/mol. The number of anilines is 2. The van der Waals surface area contributed by atoms with Gasteiger partial charge in [-0.05, 0) is 24.3 Å². The number of pyridine rings is 1. The molecule has 2 aromatic heterocycles. The number of nitrogens with two attached hydrogens (primary N) is 1. The number of nitrogens with zero attached hydrogens (tertiary/aromatic N) is 5. The van der Waals surface area contributed by atoms with Crippen LogP contribution in [0.3, 0.4) is 0 Å². The van der Waals surface area contributed by atoms with Crippen molar-refractivity contribution in [1.29, 1.82) is 0 Å². The second-order valence-corrected chi connectivity index (χ2v) is 7.04. The normalized spacial score (nSPS) is 10.9. The minimum atomic E-state index is -0.176. The third-order valence-corrected chi connectivity index (χ3v) is 4.60. The molecule has 11 heteroatoms. The van der Waals surface area contributed by atoms with E-state index in [1.165, 1.54) is 16.4 Å². The summed E-state index contributed by atoms with van der Waals surface area (Å²) in [7, 11) is 0. The molecule has 0 aliphatic carbocycles. The molecule has 0 fully saturated rings. The number of hydrogen-bond donors (Lipinski definition) is 3. The van der Waals surface area contributed by atoms with Gasteiger partial charge in [0.2, 0.25) is 11.1 Å². The monoisotopic (exact) mass is 446 g/mol. The van der Waals surface area contributed by atoms with Gasteiger partial charge in [-0.1, -0.05) is 39.8 Å². The van der Waals surface area contributed by atoms with Crippen LogP contribution in [0.1, 0.15) is 5.56 Å². The summed E-state index contributed by atoms with van der Waals surface area (Å²) in [5.41, 5.74) is 4.23. The number of halogens is 1. The molecule has 1 amide bonds. The van der Waals surface area contributed by atoms with Crippen LogP contribution in [-0.4, -0.2) is 37.7 Å². The summed E-state index contributed by atoms with van der Waals surface area (Å²) in [5.74, 6) is 6.14. The summed E-state index contributed by atoms with van der Waals surface area (Å²) in [4.78, 5) is 16.0. The Hall–Kier alpha value is -2.92. The number of hydrazone groups is 1. The summed E-state index contributed by atoms with van der Waals surface area (Å²) in [6, 6.07) is 11.0. The van der Waals surface area contributed by atoms with Gasteiger partial charge in [-0.3, -0.25) is 9.78 Å². The Morgan fingerprint density at radius 1 is 1.33 bits per heavy atom. The summed E-state index contributed by atoms with van der Waals surface area (Å²) in [5, 5.41) is 15.1. The third kappa shape index (κ3) is 5.53. The molecule has 2 heterocycles. The van der Waals surface area contributed by atoms with E-state index in [0.29, 0.717) is 10.8 Å². The summed E-state index contributed by atoms with van der Waals surface area (Å²) in [6.45, 7) is 0. The fourth-order valence-electron chi connectivity index (χ4n) is 1.96. The Bertz CT molecular complexity index is 947. The second kappa shape index (κ2) is 9.14. The molecule has 0 spiro atoms. The Labute approximate surface area is 167 Å². The zero-order valence-corrected chi connectivity index (χ0v) is 16.3. The minimum absolute atomic E-state index is 0.140. The van der Waals surface area contributed by atoms with Crippen LogP contribution in [0.15, 0.2) is 63.5 Å². The number of aromatic nitrogens is 4. The highest BCUT2D eigenvalue weighted by Gasteiger charge is 2.12. The molecule has 0 radical (unpaired) electrons. The first-order valence-electron chi connectivity index (χ1n) is 7.69. The van der Waals surface area contributed by atoms with Gasteiger partial charge >= 0.3 is 0 Å². The van der Waals surface area contributed by atoms with Gasteiger partial charge in [0, 0.05) is 28.1 Å². The highest BCUT2D eigenvalue weighted by atomic mass is 79.9. The number of rotatable bonds is 7. The van der Waals surface area contributed by atoms with Crippen LogP contribution in [0.4, 0.5) is 11.6 Å². The van der Waals surface area contributed by atoms with Crippen molar-refractivity contribution >= 4 is 51.4 Å². The first kappa shape index (κ1) is 18.9. The van der Waals surface area contributed by atoms with Crippen LogP contribution in [0.25, 0.3) is 0 Å². The van der Waals surface area contributed by atoms with E-state index < -0.39 is 0 Å². The number of nitrogens with one attached hydrogen (secondary N) is 2. The van der Waals surface area contributed by atoms with Gasteiger partial charge in [0.15, 0.2) is 0 Å². The van der Waals surface area contributed by atoms with Crippen molar-refractivity contribution in [2.75, 3.05) is 22.3 Å². The van der Waals surface area contributed by atoms with Crippen LogP contribution >= 0.6 is 27.7 Å². The third-order valence-electron chi connectivity index (χ3n) is 3.17. The molecule has 9 nitrogen and oxygen atoms in total. The van der Waals surface area contributed by atoms with Gasteiger partial charge < -0.3 is 11.2 Å². The molecule has 0 saturated heterocycles. The lowest BCUT2D eigenvalue weighted by Gasteiger charge is -2.05. The maximum atomic E-state index is 12.1. The van der Waals surface area contributed by atoms with Gasteiger partial charge in [0.1, 0.15) is 0 Å². The molecule has 1 aromatic carbocycles. The number of carbonyl (C=O) groups is 1. The van der Waals surface area contributed by atoms with Crippen LogP contribution in [0.2, 0.25) is 0 Å². The first-order chi connectivity index (χ1) is 13.1. The van der Waals surface area contributed by atoms with Crippen molar-refractivity contribution < 1.29 is 4.79 Å². The number of thioether (sulfide) groups is 1. The maximum absolute atomic E-state index is 12.1. The predicted octanol–water partition coefficient (Wildman–Crippen LogP) is 2.33. The molecular weight excluding hydrogens is 432 g/mol. The second-order valence-electron chi connectivity index (χ2n) is 5.18. The fourth-order valence-corrected chi connectivity index (χ4v) is 3.02. The molecule has 3 aromatic rings. The molecule has 0 saturated carbocycles. The molecule has 0 aliphatic heterocycles. The van der Waals surface area contributed by atoms with Gasteiger partial charge in [0.25, 0.3) is 5.95 Å². The largest absolute Gasteiger partial charge is 0.334 e. The number of hydrogen-bond acceptors (Lipinski definition) is 8. The molecule has 0 aliphatic rings. The van der Waals surface area contributed by atoms with E-state index in [4.69, 9.17) is 5.84 Å². The highest BCUT2D eigenvalue weighted by molar-refractivity contribution is 9.10. The van der Waals surface area contributed by atoms with E-state index in [1.807, 2.05) is 24.3 Å². The van der Waals surface area contributed by atoms with E-state index in [0.717, 1.165) is 10.0 Å². The quantitative estimate of drug-likeness (QED) is 0.220. The Morgan fingerprint density at radius 2 is 2.22 bits per heavy atom. The molecule has 27 heavy (non-hydrogen) atoms. The van der Waals surface area contributed by atoms with Crippen molar-refractivity contribution in [3.05, 3.63) is 58.8 Å². The lowest BCUT2D eigenvalue weighted by molar-refractivity contribution is -0.113. The van der Waals surface area contributed by atoms with Gasteiger partial charge in [-0.15, -0.1) is 10.2 Å². The summed E-state index contributed by atoms with van der Waals surface area (Å²) in [6.07, 6.45) is 4.93. The van der Waals surface area contributed by atoms with Crippen LogP contribution in [0, 0.1) is 0 Å². The molecule has 0 unspecified atom stereocenters. The van der Waals surface area contributed by atoms with Crippen molar-refractivity contribution in [2.24, 2.45) is 5.10 Å². The summed E-state index contributed by atoms with van der Waals surface area (Å²) >= 11 is 4.53. The predicted molar refractivity (Wildman–Crippen MR) is 109 cm³/mol. The van der Waals surface area contributed by atoms with E-state index in [9.17, 15) is 4.79 Å². The molecular formula is C16H15BrN8OS. The van der Waals surface area contributed by atoms with Crippen molar-refractivity contribution in [3.63, 3.8) is 0 Å².